The van der Waals surface area contributed by atoms with Crippen molar-refractivity contribution >= 4 is 21.8 Å². The Morgan fingerprint density at radius 1 is 1.08 bits per heavy atom. The number of hydrogen-bond donors (Lipinski definition) is 2. The van der Waals surface area contributed by atoms with Gasteiger partial charge in [-0.3, -0.25) is 0 Å². The molecule has 0 unspecified atom stereocenters. The largest absolute Gasteiger partial charge is 0.387 e. The molecule has 25 heavy (non-hydrogen) atoms. The van der Waals surface area contributed by atoms with Gasteiger partial charge in [-0.05, 0) is 72.9 Å². The second kappa shape index (κ2) is 7.91. The quantitative estimate of drug-likeness (QED) is 0.758. The van der Waals surface area contributed by atoms with Crippen LogP contribution in [0.5, 0.6) is 0 Å². The molecule has 4 nitrogen and oxygen atoms in total. The van der Waals surface area contributed by atoms with Crippen LogP contribution in [0.4, 0.5) is 0 Å². The molecule has 0 amide bonds. The third-order valence-corrected chi connectivity index (χ3v) is 6.76. The molecular weight excluding hydrogens is 354 g/mol. The van der Waals surface area contributed by atoms with Crippen LogP contribution in [0.2, 0.25) is 0 Å². The van der Waals surface area contributed by atoms with Crippen molar-refractivity contribution in [2.75, 3.05) is 12.8 Å². The smallest absolute Gasteiger partial charge is 0.240 e. The molecule has 1 atom stereocenters. The molecule has 0 aromatic heterocycles. The molecule has 2 aromatic rings. The number of thioether (sulfide) groups is 1. The Morgan fingerprint density at radius 2 is 1.76 bits per heavy atom. The second-order valence-corrected chi connectivity index (χ2v) is 8.93. The van der Waals surface area contributed by atoms with E-state index >= 15 is 0 Å². The Kier molecular flexibility index (Phi) is 5.84. The predicted octanol–water partition coefficient (Wildman–Crippen LogP) is 3.30. The third-order valence-electron chi connectivity index (χ3n) is 4.60. The summed E-state index contributed by atoms with van der Waals surface area (Å²) in [5, 5.41) is 10.3. The standard InChI is InChI=1S/C19H23NO3S2/c1-24-17-9-6-15(7-10-17)19(21)13-20-25(22,23)18-11-8-14-4-2-3-5-16(14)12-18/h6-12,19-21H,2-5,13H2,1H3/t19-/m0/s1. The monoisotopic (exact) mass is 377 g/mol. The van der Waals surface area contributed by atoms with E-state index in [1.807, 2.05) is 36.6 Å². The molecular formula is C19H23NO3S2. The fourth-order valence-corrected chi connectivity index (χ4v) is 4.59. The zero-order valence-corrected chi connectivity index (χ0v) is 15.9. The van der Waals surface area contributed by atoms with Gasteiger partial charge in [-0.1, -0.05) is 18.2 Å². The number of fused-ring (bicyclic) bond motifs is 1. The van der Waals surface area contributed by atoms with Crippen LogP contribution in [0.25, 0.3) is 0 Å². The zero-order chi connectivity index (χ0) is 17.9. The normalized spacial score (nSPS) is 15.6. The molecule has 0 fully saturated rings. The van der Waals surface area contributed by atoms with Crippen molar-refractivity contribution < 1.29 is 13.5 Å². The van der Waals surface area contributed by atoms with Gasteiger partial charge in [0.1, 0.15) is 0 Å². The Bertz CT molecular complexity index is 832. The molecule has 3 rings (SSSR count). The van der Waals surface area contributed by atoms with Crippen molar-refractivity contribution in [2.45, 2.75) is 41.6 Å². The van der Waals surface area contributed by atoms with Crippen molar-refractivity contribution in [2.24, 2.45) is 0 Å². The highest BCUT2D eigenvalue weighted by molar-refractivity contribution is 7.98. The van der Waals surface area contributed by atoms with Crippen molar-refractivity contribution in [3.05, 3.63) is 59.2 Å². The summed E-state index contributed by atoms with van der Waals surface area (Å²) in [6.45, 7) is -0.0436. The van der Waals surface area contributed by atoms with Crippen molar-refractivity contribution in [3.8, 4) is 0 Å². The molecule has 6 heteroatoms. The molecule has 0 saturated carbocycles. The number of benzene rings is 2. The third kappa shape index (κ3) is 4.44. The van der Waals surface area contributed by atoms with Crippen LogP contribution in [0, 0.1) is 0 Å². The first-order chi connectivity index (χ1) is 12.0. The first kappa shape index (κ1) is 18.5. The number of aryl methyl sites for hydroxylation is 2. The van der Waals surface area contributed by atoms with Gasteiger partial charge >= 0.3 is 0 Å². The Labute approximate surface area is 153 Å². The van der Waals surface area contributed by atoms with Crippen LogP contribution in [-0.2, 0) is 22.9 Å². The zero-order valence-electron chi connectivity index (χ0n) is 14.2. The van der Waals surface area contributed by atoms with Gasteiger partial charge in [0.2, 0.25) is 10.0 Å². The van der Waals surface area contributed by atoms with E-state index < -0.39 is 16.1 Å². The minimum atomic E-state index is -3.62. The van der Waals surface area contributed by atoms with Crippen LogP contribution in [-0.4, -0.2) is 26.3 Å². The fraction of sp³-hybridized carbons (Fsp3) is 0.368. The summed E-state index contributed by atoms with van der Waals surface area (Å²) < 4.78 is 27.6. The number of nitrogens with one attached hydrogen (secondary N) is 1. The van der Waals surface area contributed by atoms with Crippen LogP contribution < -0.4 is 4.72 Å². The van der Waals surface area contributed by atoms with E-state index in [0.29, 0.717) is 5.56 Å². The summed E-state index contributed by atoms with van der Waals surface area (Å²) in [6.07, 6.45) is 5.34. The van der Waals surface area contributed by atoms with Crippen LogP contribution in [0.1, 0.15) is 35.6 Å². The maximum atomic E-state index is 12.5. The van der Waals surface area contributed by atoms with Gasteiger partial charge in [0.05, 0.1) is 11.0 Å². The average molecular weight is 378 g/mol. The summed E-state index contributed by atoms with van der Waals surface area (Å²) in [5.74, 6) is 0. The minimum absolute atomic E-state index is 0.0436. The van der Waals surface area contributed by atoms with Crippen molar-refractivity contribution in [3.63, 3.8) is 0 Å². The predicted molar refractivity (Wildman–Crippen MR) is 101 cm³/mol. The van der Waals surface area contributed by atoms with Crippen molar-refractivity contribution in [1.82, 2.24) is 4.72 Å². The molecule has 134 valence electrons. The number of hydrogen-bond acceptors (Lipinski definition) is 4. The topological polar surface area (TPSA) is 66.4 Å². The highest BCUT2D eigenvalue weighted by Gasteiger charge is 2.19. The van der Waals surface area contributed by atoms with Crippen LogP contribution >= 0.6 is 11.8 Å². The second-order valence-electron chi connectivity index (χ2n) is 6.28. The van der Waals surface area contributed by atoms with E-state index in [0.717, 1.165) is 29.7 Å². The highest BCUT2D eigenvalue weighted by Crippen LogP contribution is 2.24. The van der Waals surface area contributed by atoms with E-state index in [9.17, 15) is 13.5 Å². The lowest BCUT2D eigenvalue weighted by Crippen LogP contribution is -2.28. The maximum absolute atomic E-state index is 12.5. The molecule has 0 bridgehead atoms. The van der Waals surface area contributed by atoms with Gasteiger partial charge < -0.3 is 5.11 Å². The first-order valence-corrected chi connectivity index (χ1v) is 11.1. The lowest BCUT2D eigenvalue weighted by Gasteiger charge is -2.17. The molecule has 0 spiro atoms. The molecule has 2 aromatic carbocycles. The number of sulfonamides is 1. The maximum Gasteiger partial charge on any atom is 0.240 e. The van der Waals surface area contributed by atoms with E-state index in [2.05, 4.69) is 4.72 Å². The molecule has 0 aliphatic heterocycles. The first-order valence-electron chi connectivity index (χ1n) is 8.43. The summed E-state index contributed by atoms with van der Waals surface area (Å²) in [5.41, 5.74) is 3.08. The summed E-state index contributed by atoms with van der Waals surface area (Å²) in [4.78, 5) is 1.38. The van der Waals surface area contributed by atoms with E-state index in [-0.39, 0.29) is 11.4 Å². The molecule has 1 aliphatic rings. The number of aliphatic hydroxyl groups is 1. The Hall–Kier alpha value is -1.34. The van der Waals surface area contributed by atoms with Crippen LogP contribution in [0.15, 0.2) is 52.3 Å². The lowest BCUT2D eigenvalue weighted by molar-refractivity contribution is 0.182. The fourth-order valence-electron chi connectivity index (χ4n) is 3.09. The highest BCUT2D eigenvalue weighted by atomic mass is 32.2. The molecule has 0 radical (unpaired) electrons. The molecule has 0 saturated heterocycles. The van der Waals surface area contributed by atoms with Gasteiger partial charge in [-0.25, -0.2) is 13.1 Å². The molecule has 1 aliphatic carbocycles. The molecule has 0 heterocycles. The number of rotatable bonds is 6. The Balaban J connectivity index is 1.68. The van der Waals surface area contributed by atoms with Crippen molar-refractivity contribution in [1.29, 1.82) is 0 Å². The van der Waals surface area contributed by atoms with Gasteiger partial charge in [-0.15, -0.1) is 11.8 Å². The van der Waals surface area contributed by atoms with E-state index in [4.69, 9.17) is 0 Å². The van der Waals surface area contributed by atoms with E-state index in [1.54, 1.807) is 23.9 Å². The van der Waals surface area contributed by atoms with Gasteiger partial charge in [0.15, 0.2) is 0 Å². The SMILES string of the molecule is CSc1ccc([C@@H](O)CNS(=O)(=O)c2ccc3c(c2)CCCC3)cc1. The van der Waals surface area contributed by atoms with Gasteiger partial charge in [-0.2, -0.15) is 0 Å². The van der Waals surface area contributed by atoms with Gasteiger partial charge in [0.25, 0.3) is 0 Å². The summed E-state index contributed by atoms with van der Waals surface area (Å²) in [7, 11) is -3.62. The summed E-state index contributed by atoms with van der Waals surface area (Å²) >= 11 is 1.62. The van der Waals surface area contributed by atoms with Gasteiger partial charge in [0, 0.05) is 11.4 Å². The summed E-state index contributed by atoms with van der Waals surface area (Å²) in [6, 6.07) is 12.8. The molecule has 2 N–H and O–H groups in total. The number of aliphatic hydroxyl groups excluding tert-OH is 1. The van der Waals surface area contributed by atoms with Crippen LogP contribution in [0.3, 0.4) is 0 Å². The minimum Gasteiger partial charge on any atom is -0.387 e. The average Bonchev–Trinajstić information content (AvgIpc) is 2.66. The lowest BCUT2D eigenvalue weighted by atomic mass is 9.92. The van der Waals surface area contributed by atoms with E-state index in [1.165, 1.54) is 12.0 Å². The Morgan fingerprint density at radius 3 is 2.44 bits per heavy atom.